The van der Waals surface area contributed by atoms with Crippen molar-refractivity contribution in [1.82, 2.24) is 20.7 Å². The lowest BCUT2D eigenvalue weighted by molar-refractivity contribution is -0.120. The normalized spacial score (nSPS) is 14.5. The van der Waals surface area contributed by atoms with Crippen LogP contribution in [0.4, 0.5) is 0 Å². The first-order valence-electron chi connectivity index (χ1n) is 10.0. The lowest BCUT2D eigenvalue weighted by Gasteiger charge is -2.26. The van der Waals surface area contributed by atoms with Gasteiger partial charge in [-0.25, -0.2) is 0 Å². The average molecular weight is 408 g/mol. The van der Waals surface area contributed by atoms with E-state index in [1.54, 1.807) is 18.2 Å². The van der Waals surface area contributed by atoms with Gasteiger partial charge in [-0.2, -0.15) is 0 Å². The van der Waals surface area contributed by atoms with Gasteiger partial charge in [-0.3, -0.25) is 14.5 Å². The molecule has 8 nitrogen and oxygen atoms in total. The Hall–Kier alpha value is -3.23. The number of nitrogens with one attached hydrogen (secondary N) is 2. The fraction of sp³-hybridized carbons (Fsp3) is 0.318. The Balaban J connectivity index is 1.32. The summed E-state index contributed by atoms with van der Waals surface area (Å²) in [6, 6.07) is 14.7. The van der Waals surface area contributed by atoms with Crippen molar-refractivity contribution in [3.05, 3.63) is 54.1 Å². The van der Waals surface area contributed by atoms with Crippen LogP contribution in [0.15, 0.2) is 53.1 Å². The molecular formula is C22H24N4O4. The number of aromatic nitrogens is 1. The molecule has 2 heterocycles. The number of rotatable bonds is 7. The second-order valence-corrected chi connectivity index (χ2v) is 7.10. The van der Waals surface area contributed by atoms with E-state index in [4.69, 9.17) is 9.26 Å². The number of amides is 2. The Morgan fingerprint density at radius 1 is 1.03 bits per heavy atom. The highest BCUT2D eigenvalue weighted by Gasteiger charge is 2.15. The summed E-state index contributed by atoms with van der Waals surface area (Å²) >= 11 is 0. The summed E-state index contributed by atoms with van der Waals surface area (Å²) in [4.78, 5) is 26.8. The Morgan fingerprint density at radius 2 is 1.83 bits per heavy atom. The Labute approximate surface area is 174 Å². The number of ether oxygens (including phenoxy) is 1. The molecule has 1 saturated heterocycles. The number of benzene rings is 2. The van der Waals surface area contributed by atoms with Crippen molar-refractivity contribution in [2.75, 3.05) is 45.9 Å². The number of carbonyl (C=O) groups excluding carboxylic acids is 2. The first-order valence-corrected chi connectivity index (χ1v) is 10.0. The largest absolute Gasteiger partial charge is 0.379 e. The van der Waals surface area contributed by atoms with Gasteiger partial charge in [0.05, 0.1) is 25.1 Å². The van der Waals surface area contributed by atoms with Crippen molar-refractivity contribution in [1.29, 1.82) is 0 Å². The first kappa shape index (κ1) is 20.1. The molecule has 1 aliphatic rings. The van der Waals surface area contributed by atoms with Gasteiger partial charge in [0, 0.05) is 37.3 Å². The zero-order valence-corrected chi connectivity index (χ0v) is 16.6. The van der Waals surface area contributed by atoms with Gasteiger partial charge < -0.3 is 19.9 Å². The highest BCUT2D eigenvalue weighted by Crippen LogP contribution is 2.29. The molecule has 0 atom stereocenters. The summed E-state index contributed by atoms with van der Waals surface area (Å²) in [5.41, 5.74) is 2.01. The number of nitrogens with zero attached hydrogens (tertiary/aromatic N) is 2. The monoisotopic (exact) mass is 408 g/mol. The van der Waals surface area contributed by atoms with Gasteiger partial charge in [0.25, 0.3) is 5.91 Å². The van der Waals surface area contributed by atoms with E-state index >= 15 is 0 Å². The van der Waals surface area contributed by atoms with E-state index < -0.39 is 0 Å². The quantitative estimate of drug-likeness (QED) is 0.617. The summed E-state index contributed by atoms with van der Waals surface area (Å²) in [6.45, 7) is 4.46. The van der Waals surface area contributed by atoms with Crippen molar-refractivity contribution >= 4 is 22.7 Å². The molecule has 0 spiro atoms. The molecule has 0 unspecified atom stereocenters. The minimum atomic E-state index is -0.319. The SMILES string of the molecule is O=C(CNC(=O)c1ccc2noc(-c3ccccc3)c2c1)NCCN1CCOCC1. The van der Waals surface area contributed by atoms with Crippen LogP contribution in [0.5, 0.6) is 0 Å². The van der Waals surface area contributed by atoms with Crippen molar-refractivity contribution in [3.63, 3.8) is 0 Å². The van der Waals surface area contributed by atoms with E-state index in [1.165, 1.54) is 0 Å². The van der Waals surface area contributed by atoms with Crippen LogP contribution in [0.25, 0.3) is 22.2 Å². The van der Waals surface area contributed by atoms with Crippen LogP contribution in [0.2, 0.25) is 0 Å². The van der Waals surface area contributed by atoms with E-state index in [0.717, 1.165) is 43.8 Å². The molecule has 8 heteroatoms. The second-order valence-electron chi connectivity index (χ2n) is 7.10. The van der Waals surface area contributed by atoms with Crippen molar-refractivity contribution in [2.45, 2.75) is 0 Å². The molecular weight excluding hydrogens is 384 g/mol. The third kappa shape index (κ3) is 4.84. The predicted octanol–water partition coefficient (Wildman–Crippen LogP) is 1.67. The van der Waals surface area contributed by atoms with Crippen LogP contribution in [0.1, 0.15) is 10.4 Å². The van der Waals surface area contributed by atoms with Crippen LogP contribution in [0.3, 0.4) is 0 Å². The first-order chi connectivity index (χ1) is 14.7. The van der Waals surface area contributed by atoms with Gasteiger partial charge in [-0.05, 0) is 18.2 Å². The van der Waals surface area contributed by atoms with Gasteiger partial charge in [-0.1, -0.05) is 35.5 Å². The molecule has 1 fully saturated rings. The number of hydrogen-bond acceptors (Lipinski definition) is 6. The van der Waals surface area contributed by atoms with E-state index in [2.05, 4.69) is 20.7 Å². The van der Waals surface area contributed by atoms with Crippen molar-refractivity contribution in [3.8, 4) is 11.3 Å². The maximum absolute atomic E-state index is 12.5. The van der Waals surface area contributed by atoms with E-state index in [0.29, 0.717) is 23.4 Å². The molecule has 3 aromatic rings. The maximum Gasteiger partial charge on any atom is 0.251 e. The molecule has 0 saturated carbocycles. The Bertz CT molecular complexity index is 1010. The number of hydrogen-bond donors (Lipinski definition) is 2. The molecule has 2 amide bonds. The standard InChI is InChI=1S/C22H24N4O4/c27-20(23-8-9-26-10-12-29-13-11-26)15-24-22(28)17-6-7-19-18(14-17)21(30-25-19)16-4-2-1-3-5-16/h1-7,14H,8-13,15H2,(H,23,27)(H,24,28). The fourth-order valence-corrected chi connectivity index (χ4v) is 3.38. The minimum Gasteiger partial charge on any atom is -0.379 e. The van der Waals surface area contributed by atoms with Gasteiger partial charge in [0.2, 0.25) is 5.91 Å². The van der Waals surface area contributed by atoms with Crippen molar-refractivity contribution in [2.24, 2.45) is 0 Å². The minimum absolute atomic E-state index is 0.0742. The zero-order chi connectivity index (χ0) is 20.8. The number of fused-ring (bicyclic) bond motifs is 1. The number of morpholine rings is 1. The van der Waals surface area contributed by atoms with E-state index in [-0.39, 0.29) is 18.4 Å². The highest BCUT2D eigenvalue weighted by atomic mass is 16.5. The predicted molar refractivity (Wildman–Crippen MR) is 112 cm³/mol. The average Bonchev–Trinajstić information content (AvgIpc) is 3.22. The van der Waals surface area contributed by atoms with Crippen LogP contribution in [0, 0.1) is 0 Å². The molecule has 2 aromatic carbocycles. The van der Waals surface area contributed by atoms with Crippen LogP contribution < -0.4 is 10.6 Å². The Kier molecular flexibility index (Phi) is 6.36. The molecule has 156 valence electrons. The van der Waals surface area contributed by atoms with Crippen LogP contribution >= 0.6 is 0 Å². The van der Waals surface area contributed by atoms with Gasteiger partial charge >= 0.3 is 0 Å². The molecule has 0 radical (unpaired) electrons. The third-order valence-electron chi connectivity index (χ3n) is 5.04. The molecule has 0 bridgehead atoms. The maximum atomic E-state index is 12.5. The van der Waals surface area contributed by atoms with Gasteiger partial charge in [-0.15, -0.1) is 0 Å². The molecule has 0 aliphatic carbocycles. The van der Waals surface area contributed by atoms with Crippen molar-refractivity contribution < 1.29 is 18.8 Å². The lowest BCUT2D eigenvalue weighted by atomic mass is 10.1. The van der Waals surface area contributed by atoms with Gasteiger partial charge in [0.1, 0.15) is 5.52 Å². The van der Waals surface area contributed by atoms with E-state index in [9.17, 15) is 9.59 Å². The third-order valence-corrected chi connectivity index (χ3v) is 5.04. The molecule has 1 aliphatic heterocycles. The lowest BCUT2D eigenvalue weighted by Crippen LogP contribution is -2.43. The van der Waals surface area contributed by atoms with E-state index in [1.807, 2.05) is 30.3 Å². The van der Waals surface area contributed by atoms with Crippen LogP contribution in [-0.4, -0.2) is 67.8 Å². The fourth-order valence-electron chi connectivity index (χ4n) is 3.38. The molecule has 4 rings (SSSR count). The summed E-state index contributed by atoms with van der Waals surface area (Å²) < 4.78 is 10.8. The van der Waals surface area contributed by atoms with Gasteiger partial charge in [0.15, 0.2) is 5.76 Å². The smallest absolute Gasteiger partial charge is 0.251 e. The number of carbonyl (C=O) groups is 2. The summed E-state index contributed by atoms with van der Waals surface area (Å²) in [7, 11) is 0. The summed E-state index contributed by atoms with van der Waals surface area (Å²) in [6.07, 6.45) is 0. The summed E-state index contributed by atoms with van der Waals surface area (Å²) in [5.74, 6) is 0.0780. The second kappa shape index (κ2) is 9.51. The molecule has 2 N–H and O–H groups in total. The summed E-state index contributed by atoms with van der Waals surface area (Å²) in [5, 5.41) is 10.3. The zero-order valence-electron chi connectivity index (χ0n) is 16.6. The highest BCUT2D eigenvalue weighted by molar-refractivity contribution is 6.01. The topological polar surface area (TPSA) is 96.7 Å². The Morgan fingerprint density at radius 3 is 2.63 bits per heavy atom. The molecule has 1 aromatic heterocycles. The molecule has 30 heavy (non-hydrogen) atoms. The van der Waals surface area contributed by atoms with Crippen LogP contribution in [-0.2, 0) is 9.53 Å².